The normalized spacial score (nSPS) is 55.2. The van der Waals surface area contributed by atoms with E-state index >= 15 is 0 Å². The molecule has 1 saturated heterocycles. The maximum absolute atomic E-state index is 12.5. The predicted octanol–water partition coefficient (Wildman–Crippen LogP) is -2.86. The Kier molecular flexibility index (Phi) is 3.89. The molecule has 0 amide bonds. The minimum Gasteiger partial charge on any atom is -0.456 e. The largest absolute Gasteiger partial charge is 0.456 e. The van der Waals surface area contributed by atoms with Crippen molar-refractivity contribution in [3.8, 4) is 0 Å². The molecule has 2 aliphatic carbocycles. The van der Waals surface area contributed by atoms with Crippen LogP contribution in [0.2, 0.25) is 0 Å². The summed E-state index contributed by atoms with van der Waals surface area (Å²) < 4.78 is 10.5. The first-order chi connectivity index (χ1) is 11.3. The van der Waals surface area contributed by atoms with Gasteiger partial charge in [-0.15, -0.1) is 0 Å². The van der Waals surface area contributed by atoms with E-state index in [1.165, 1.54) is 27.9 Å². The van der Waals surface area contributed by atoms with Crippen molar-refractivity contribution in [3.63, 3.8) is 0 Å². The van der Waals surface area contributed by atoms with Crippen LogP contribution >= 0.6 is 0 Å². The second kappa shape index (κ2) is 5.13. The van der Waals surface area contributed by atoms with E-state index in [0.29, 0.717) is 0 Å². The van der Waals surface area contributed by atoms with Crippen molar-refractivity contribution in [3.05, 3.63) is 0 Å². The summed E-state index contributed by atoms with van der Waals surface area (Å²) in [6, 6.07) is 0. The minimum atomic E-state index is -2.29. The molecule has 1 heterocycles. The lowest BCUT2D eigenvalue weighted by Gasteiger charge is -2.59. The zero-order valence-electron chi connectivity index (χ0n) is 14.6. The van der Waals surface area contributed by atoms with E-state index in [-0.39, 0.29) is 0 Å². The van der Waals surface area contributed by atoms with Crippen LogP contribution in [-0.2, 0) is 14.3 Å². The fraction of sp³-hybridized carbons (Fsp3) is 0.938. The van der Waals surface area contributed by atoms with Crippen LogP contribution in [0.4, 0.5) is 0 Å². The quantitative estimate of drug-likeness (QED) is 0.291. The molecule has 0 spiro atoms. The lowest BCUT2D eigenvalue weighted by Crippen LogP contribution is -2.75. The second-order valence-electron chi connectivity index (χ2n) is 8.22. The molecule has 0 aromatic carbocycles. The number of hydrogen-bond donors (Lipinski definition) is 6. The van der Waals surface area contributed by atoms with Crippen LogP contribution in [0.25, 0.3) is 0 Å². The number of hydrogen-bond acceptors (Lipinski definition) is 9. The topological polar surface area (TPSA) is 157 Å². The van der Waals surface area contributed by atoms with Crippen molar-refractivity contribution >= 4 is 5.97 Å². The number of rotatable bonds is 3. The van der Waals surface area contributed by atoms with Gasteiger partial charge < -0.3 is 40.1 Å². The number of methoxy groups -OCH3 is 1. The predicted molar refractivity (Wildman–Crippen MR) is 81.1 cm³/mol. The van der Waals surface area contributed by atoms with Gasteiger partial charge in [0.1, 0.15) is 17.3 Å². The van der Waals surface area contributed by atoms with Crippen LogP contribution in [0.5, 0.6) is 0 Å². The highest BCUT2D eigenvalue weighted by molar-refractivity contribution is 5.79. The number of ether oxygens (including phenoxy) is 2. The van der Waals surface area contributed by atoms with E-state index in [2.05, 4.69) is 0 Å². The van der Waals surface area contributed by atoms with Gasteiger partial charge in [0.25, 0.3) is 0 Å². The molecule has 0 unspecified atom stereocenters. The molecular weight excluding hydrogens is 336 g/mol. The monoisotopic (exact) mass is 362 g/mol. The number of carbonyl (C=O) groups excluding carboxylic acids is 1. The van der Waals surface area contributed by atoms with E-state index in [0.717, 1.165) is 0 Å². The van der Waals surface area contributed by atoms with Gasteiger partial charge >= 0.3 is 5.97 Å². The zero-order valence-corrected chi connectivity index (χ0v) is 14.6. The first-order valence-corrected chi connectivity index (χ1v) is 8.21. The second-order valence-corrected chi connectivity index (χ2v) is 8.22. The van der Waals surface area contributed by atoms with Crippen LogP contribution < -0.4 is 0 Å². The number of aliphatic hydroxyl groups is 6. The van der Waals surface area contributed by atoms with Crippen LogP contribution in [0.15, 0.2) is 0 Å². The third kappa shape index (κ3) is 1.79. The average molecular weight is 362 g/mol. The Morgan fingerprint density at radius 3 is 2.28 bits per heavy atom. The summed E-state index contributed by atoms with van der Waals surface area (Å²) in [6.45, 7) is 3.14. The molecule has 25 heavy (non-hydrogen) atoms. The Labute approximate surface area is 144 Å². The van der Waals surface area contributed by atoms with E-state index in [4.69, 9.17) is 9.47 Å². The molecule has 3 rings (SSSR count). The molecule has 2 saturated carbocycles. The first-order valence-electron chi connectivity index (χ1n) is 8.21. The zero-order chi connectivity index (χ0) is 19.2. The Morgan fingerprint density at radius 2 is 1.84 bits per heavy atom. The molecule has 3 fully saturated rings. The summed E-state index contributed by atoms with van der Waals surface area (Å²) in [7, 11) is 1.24. The van der Waals surface area contributed by atoms with Crippen molar-refractivity contribution in [1.29, 1.82) is 0 Å². The first kappa shape index (κ1) is 19.0. The highest BCUT2D eigenvalue weighted by Crippen LogP contribution is 2.67. The van der Waals surface area contributed by atoms with Crippen molar-refractivity contribution in [1.82, 2.24) is 0 Å². The lowest BCUT2D eigenvalue weighted by molar-refractivity contribution is -0.298. The van der Waals surface area contributed by atoms with Gasteiger partial charge in [-0.25, -0.2) is 0 Å². The van der Waals surface area contributed by atoms with Gasteiger partial charge in [0.05, 0.1) is 35.7 Å². The summed E-state index contributed by atoms with van der Waals surface area (Å²) in [6.07, 6.45) is -6.10. The molecule has 0 aromatic heterocycles. The molecule has 0 radical (unpaired) electrons. The number of esters is 1. The van der Waals surface area contributed by atoms with E-state index in [1.807, 2.05) is 0 Å². The van der Waals surface area contributed by atoms with Crippen molar-refractivity contribution in [2.24, 2.45) is 17.3 Å². The van der Waals surface area contributed by atoms with Gasteiger partial charge in [0, 0.05) is 13.0 Å². The third-order valence-corrected chi connectivity index (χ3v) is 6.83. The summed E-state index contributed by atoms with van der Waals surface area (Å²) in [5, 5.41) is 64.3. The molecule has 0 aromatic rings. The maximum atomic E-state index is 12.5. The molecule has 9 atom stereocenters. The lowest BCUT2D eigenvalue weighted by atomic mass is 9.50. The molecular formula is C16H26O9. The Morgan fingerprint density at radius 1 is 1.28 bits per heavy atom. The Hall–Kier alpha value is -0.810. The Bertz CT molecular complexity index is 589. The third-order valence-electron chi connectivity index (χ3n) is 6.83. The van der Waals surface area contributed by atoms with Crippen LogP contribution in [0.1, 0.15) is 20.8 Å². The molecule has 9 heteroatoms. The van der Waals surface area contributed by atoms with Crippen molar-refractivity contribution in [2.45, 2.75) is 62.0 Å². The van der Waals surface area contributed by atoms with E-state index in [9.17, 15) is 35.4 Å². The molecule has 3 aliphatic rings. The van der Waals surface area contributed by atoms with Gasteiger partial charge in [-0.2, -0.15) is 0 Å². The number of carbonyl (C=O) groups is 1. The fourth-order valence-electron chi connectivity index (χ4n) is 5.55. The van der Waals surface area contributed by atoms with Crippen molar-refractivity contribution < 1.29 is 44.9 Å². The average Bonchev–Trinajstić information content (AvgIpc) is 2.84. The maximum Gasteiger partial charge on any atom is 0.313 e. The van der Waals surface area contributed by atoms with E-state index in [1.54, 1.807) is 0 Å². The molecule has 144 valence electrons. The van der Waals surface area contributed by atoms with Gasteiger partial charge in [0.2, 0.25) is 0 Å². The SMILES string of the molecule is CO[C@@H]1[C@H](O)[C@@H](C(C)(C)O)[C@@H]2C(=O)O[C@@H]3[C@@H](O)[C@](O)(CO)[C@@]1(C)[C@@]32O. The Balaban J connectivity index is 2.31. The molecule has 1 aliphatic heterocycles. The smallest absolute Gasteiger partial charge is 0.313 e. The summed E-state index contributed by atoms with van der Waals surface area (Å²) in [5.41, 5.74) is -7.90. The summed E-state index contributed by atoms with van der Waals surface area (Å²) in [4.78, 5) is 12.5. The number of aliphatic hydroxyl groups excluding tert-OH is 3. The summed E-state index contributed by atoms with van der Waals surface area (Å²) >= 11 is 0. The van der Waals surface area contributed by atoms with Crippen molar-refractivity contribution in [2.75, 3.05) is 13.7 Å². The highest BCUT2D eigenvalue weighted by atomic mass is 16.6. The minimum absolute atomic E-state index is 0.890. The molecule has 9 nitrogen and oxygen atoms in total. The highest BCUT2D eigenvalue weighted by Gasteiger charge is 2.87. The summed E-state index contributed by atoms with van der Waals surface area (Å²) in [5.74, 6) is -3.49. The van der Waals surface area contributed by atoms with E-state index < -0.39 is 71.0 Å². The fourth-order valence-corrected chi connectivity index (χ4v) is 5.55. The van der Waals surface area contributed by atoms with Crippen LogP contribution in [0, 0.1) is 17.3 Å². The standard InChI is InChI=1S/C16H26O9/c1-13(2,21)6-7-12(20)25-11-9(19)15(22,5-17)14(3,16(7,11)23)10(24-4)8(6)18/h6-11,17-19,21-23H,5H2,1-4H3/t6-,7+,8+,9+,10+,11+,14-,15+,16-/m0/s1. The van der Waals surface area contributed by atoms with Gasteiger partial charge in [-0.1, -0.05) is 6.92 Å². The van der Waals surface area contributed by atoms with Crippen LogP contribution in [0.3, 0.4) is 0 Å². The molecule has 0 bridgehead atoms. The van der Waals surface area contributed by atoms with Gasteiger partial charge in [0.15, 0.2) is 6.10 Å². The molecule has 6 N–H and O–H groups in total. The van der Waals surface area contributed by atoms with Gasteiger partial charge in [-0.3, -0.25) is 4.79 Å². The van der Waals surface area contributed by atoms with Gasteiger partial charge in [-0.05, 0) is 13.8 Å². The van der Waals surface area contributed by atoms with Crippen LogP contribution in [-0.4, -0.2) is 91.5 Å².